The second-order valence-electron chi connectivity index (χ2n) is 7.05. The molecule has 4 atom stereocenters. The highest BCUT2D eigenvalue weighted by atomic mass is 16.7. The summed E-state index contributed by atoms with van der Waals surface area (Å²) in [5, 5.41) is 0. The van der Waals surface area contributed by atoms with E-state index in [1.807, 2.05) is 6.92 Å². The van der Waals surface area contributed by atoms with Crippen LogP contribution >= 0.6 is 0 Å². The molecule has 0 amide bonds. The molecule has 0 aromatic heterocycles. The van der Waals surface area contributed by atoms with Crippen molar-refractivity contribution in [3.63, 3.8) is 0 Å². The van der Waals surface area contributed by atoms with Gasteiger partial charge in [-0.3, -0.25) is 4.79 Å². The normalized spacial score (nSPS) is 49.1. The maximum Gasteiger partial charge on any atom is 0.314 e. The van der Waals surface area contributed by atoms with Crippen LogP contribution in [0, 0.1) is 17.3 Å². The quantitative estimate of drug-likeness (QED) is 0.609. The Bertz CT molecular complexity index is 370. The third-order valence-electron chi connectivity index (χ3n) is 5.25. The van der Waals surface area contributed by atoms with Crippen LogP contribution in [0.1, 0.15) is 53.4 Å². The number of ether oxygens (including phenoxy) is 2. The number of hydrogen-bond donors (Lipinski definition) is 0. The molecule has 2 saturated carbocycles. The Morgan fingerprint density at radius 1 is 1.35 bits per heavy atom. The highest BCUT2D eigenvalue weighted by molar-refractivity contribution is 5.77. The third kappa shape index (κ3) is 1.29. The van der Waals surface area contributed by atoms with Gasteiger partial charge in [0.2, 0.25) is 5.79 Å². The Kier molecular flexibility index (Phi) is 2.07. The SMILES string of the molecule is CC(C)(C)[C@@]1(C)OC(=O)[C@H]2C[C@@H]3CCC[C@@]32O1. The van der Waals surface area contributed by atoms with Crippen molar-refractivity contribution in [2.45, 2.75) is 64.8 Å². The largest absolute Gasteiger partial charge is 0.432 e. The summed E-state index contributed by atoms with van der Waals surface area (Å²) in [6.45, 7) is 8.13. The smallest absolute Gasteiger partial charge is 0.314 e. The monoisotopic (exact) mass is 238 g/mol. The van der Waals surface area contributed by atoms with E-state index in [4.69, 9.17) is 9.47 Å². The molecule has 0 radical (unpaired) electrons. The molecule has 2 aliphatic carbocycles. The van der Waals surface area contributed by atoms with Gasteiger partial charge < -0.3 is 9.47 Å². The molecule has 1 spiro atoms. The molecular weight excluding hydrogens is 216 g/mol. The summed E-state index contributed by atoms with van der Waals surface area (Å²) in [5.74, 6) is -0.219. The Balaban J connectivity index is 1.95. The van der Waals surface area contributed by atoms with Crippen LogP contribution in [-0.4, -0.2) is 17.4 Å². The first-order valence-electron chi connectivity index (χ1n) is 6.71. The Morgan fingerprint density at radius 2 is 2.06 bits per heavy atom. The van der Waals surface area contributed by atoms with Gasteiger partial charge in [0.05, 0.1) is 11.5 Å². The van der Waals surface area contributed by atoms with E-state index in [9.17, 15) is 4.79 Å². The van der Waals surface area contributed by atoms with Gasteiger partial charge >= 0.3 is 5.97 Å². The molecule has 1 heterocycles. The second kappa shape index (κ2) is 3.05. The molecule has 0 aromatic carbocycles. The van der Waals surface area contributed by atoms with Gasteiger partial charge in [-0.15, -0.1) is 0 Å². The molecular formula is C14H22O3. The zero-order valence-corrected chi connectivity index (χ0v) is 11.2. The van der Waals surface area contributed by atoms with E-state index in [1.54, 1.807) is 0 Å². The fourth-order valence-electron chi connectivity index (χ4n) is 3.63. The average molecular weight is 238 g/mol. The topological polar surface area (TPSA) is 35.5 Å². The van der Waals surface area contributed by atoms with E-state index in [-0.39, 0.29) is 22.9 Å². The summed E-state index contributed by atoms with van der Waals surface area (Å²) in [7, 11) is 0. The van der Waals surface area contributed by atoms with Crippen LogP contribution in [0.4, 0.5) is 0 Å². The summed E-state index contributed by atoms with van der Waals surface area (Å²) in [4.78, 5) is 12.2. The van der Waals surface area contributed by atoms with Crippen molar-refractivity contribution in [2.75, 3.05) is 0 Å². The number of rotatable bonds is 0. The van der Waals surface area contributed by atoms with E-state index in [1.165, 1.54) is 12.8 Å². The molecule has 0 unspecified atom stereocenters. The lowest BCUT2D eigenvalue weighted by Gasteiger charge is -2.60. The van der Waals surface area contributed by atoms with Crippen molar-refractivity contribution in [1.29, 1.82) is 0 Å². The van der Waals surface area contributed by atoms with E-state index < -0.39 is 5.79 Å². The van der Waals surface area contributed by atoms with Gasteiger partial charge in [-0.1, -0.05) is 27.2 Å². The molecule has 3 fully saturated rings. The standard InChI is InChI=1S/C14H22O3/c1-12(2,3)13(4)16-11(15)10-8-9-6-5-7-14(9,10)17-13/h9-10H,5-8H2,1-4H3/t9-,10+,13-,14+/m0/s1. The molecule has 0 bridgehead atoms. The van der Waals surface area contributed by atoms with Crippen molar-refractivity contribution in [2.24, 2.45) is 17.3 Å². The maximum absolute atomic E-state index is 12.2. The molecule has 3 heteroatoms. The van der Waals surface area contributed by atoms with Crippen LogP contribution in [0.2, 0.25) is 0 Å². The molecule has 3 rings (SSSR count). The minimum atomic E-state index is -0.774. The van der Waals surface area contributed by atoms with Crippen LogP contribution in [-0.2, 0) is 14.3 Å². The van der Waals surface area contributed by atoms with E-state index in [0.717, 1.165) is 12.8 Å². The van der Waals surface area contributed by atoms with E-state index >= 15 is 0 Å². The average Bonchev–Trinajstić information content (AvgIpc) is 2.44. The minimum Gasteiger partial charge on any atom is -0.432 e. The number of hydrogen-bond acceptors (Lipinski definition) is 3. The lowest BCUT2D eigenvalue weighted by molar-refractivity contribution is -0.375. The number of cyclic esters (lactones) is 1. The first-order valence-corrected chi connectivity index (χ1v) is 6.71. The first-order chi connectivity index (χ1) is 7.79. The number of esters is 1. The first kappa shape index (κ1) is 11.5. The van der Waals surface area contributed by atoms with Crippen molar-refractivity contribution in [3.8, 4) is 0 Å². The summed E-state index contributed by atoms with van der Waals surface area (Å²) in [5.41, 5.74) is -0.373. The molecule has 1 saturated heterocycles. The third-order valence-corrected chi connectivity index (χ3v) is 5.25. The van der Waals surface area contributed by atoms with Crippen molar-refractivity contribution in [1.82, 2.24) is 0 Å². The van der Waals surface area contributed by atoms with Gasteiger partial charge in [0, 0.05) is 12.3 Å². The minimum absolute atomic E-state index is 0.00502. The molecule has 96 valence electrons. The summed E-state index contributed by atoms with van der Waals surface area (Å²) < 4.78 is 12.0. The van der Waals surface area contributed by atoms with Gasteiger partial charge in [0.25, 0.3) is 0 Å². The van der Waals surface area contributed by atoms with Gasteiger partial charge in [0.15, 0.2) is 0 Å². The molecule has 3 nitrogen and oxygen atoms in total. The van der Waals surface area contributed by atoms with Crippen LogP contribution < -0.4 is 0 Å². The lowest BCUT2D eigenvalue weighted by atomic mass is 9.61. The molecule has 17 heavy (non-hydrogen) atoms. The molecule has 3 aliphatic rings. The van der Waals surface area contributed by atoms with Gasteiger partial charge in [-0.2, -0.15) is 0 Å². The van der Waals surface area contributed by atoms with Crippen LogP contribution in [0.25, 0.3) is 0 Å². The Labute approximate surface area is 103 Å². The molecule has 0 N–H and O–H groups in total. The Morgan fingerprint density at radius 3 is 2.65 bits per heavy atom. The molecule has 0 aromatic rings. The van der Waals surface area contributed by atoms with Crippen LogP contribution in [0.5, 0.6) is 0 Å². The van der Waals surface area contributed by atoms with Crippen LogP contribution in [0.15, 0.2) is 0 Å². The van der Waals surface area contributed by atoms with Gasteiger partial charge in [0.1, 0.15) is 0 Å². The fourth-order valence-corrected chi connectivity index (χ4v) is 3.63. The zero-order valence-electron chi connectivity index (χ0n) is 11.2. The fraction of sp³-hybridized carbons (Fsp3) is 0.929. The van der Waals surface area contributed by atoms with E-state index in [2.05, 4.69) is 20.8 Å². The highest BCUT2D eigenvalue weighted by Gasteiger charge is 2.69. The summed E-state index contributed by atoms with van der Waals surface area (Å²) in [6, 6.07) is 0. The van der Waals surface area contributed by atoms with E-state index in [0.29, 0.717) is 5.92 Å². The molecule has 1 aliphatic heterocycles. The zero-order chi connectivity index (χ0) is 12.5. The lowest BCUT2D eigenvalue weighted by Crippen LogP contribution is -2.68. The predicted molar refractivity (Wildman–Crippen MR) is 63.2 cm³/mol. The summed E-state index contributed by atoms with van der Waals surface area (Å²) >= 11 is 0. The predicted octanol–water partition coefficient (Wildman–Crippen LogP) is 2.88. The number of carbonyl (C=O) groups excluding carboxylic acids is 1. The highest BCUT2D eigenvalue weighted by Crippen LogP contribution is 2.62. The van der Waals surface area contributed by atoms with Gasteiger partial charge in [-0.25, -0.2) is 0 Å². The second-order valence-corrected chi connectivity index (χ2v) is 7.05. The van der Waals surface area contributed by atoms with Crippen molar-refractivity contribution in [3.05, 3.63) is 0 Å². The maximum atomic E-state index is 12.2. The van der Waals surface area contributed by atoms with Crippen molar-refractivity contribution < 1.29 is 14.3 Å². The van der Waals surface area contributed by atoms with Crippen molar-refractivity contribution >= 4 is 5.97 Å². The van der Waals surface area contributed by atoms with Gasteiger partial charge in [-0.05, 0) is 25.2 Å². The van der Waals surface area contributed by atoms with Crippen LogP contribution in [0.3, 0.4) is 0 Å². The summed E-state index contributed by atoms with van der Waals surface area (Å²) in [6.07, 6.45) is 4.40. The Hall–Kier alpha value is -0.570. The number of carbonyl (C=O) groups is 1.